The first-order valence-corrected chi connectivity index (χ1v) is 9.97. The molecule has 8 heteroatoms. The van der Waals surface area contributed by atoms with Gasteiger partial charge < -0.3 is 4.90 Å². The molecule has 25 heavy (non-hydrogen) atoms. The SMILES string of the molecule is CCN(C(=O)c1cc(C)n(-c2ccccc2F)n1)C1CCS(=O)(=O)C1. The molecule has 1 saturated heterocycles. The van der Waals surface area contributed by atoms with Gasteiger partial charge in [0.15, 0.2) is 15.5 Å². The first-order chi connectivity index (χ1) is 11.8. The van der Waals surface area contributed by atoms with Gasteiger partial charge in [0.25, 0.3) is 5.91 Å². The van der Waals surface area contributed by atoms with Crippen molar-refractivity contribution in [3.8, 4) is 5.69 Å². The van der Waals surface area contributed by atoms with Crippen molar-refractivity contribution in [3.05, 3.63) is 47.5 Å². The average Bonchev–Trinajstić information content (AvgIpc) is 3.11. The smallest absolute Gasteiger partial charge is 0.274 e. The lowest BCUT2D eigenvalue weighted by Crippen LogP contribution is -2.41. The van der Waals surface area contributed by atoms with Gasteiger partial charge >= 0.3 is 0 Å². The fourth-order valence-electron chi connectivity index (χ4n) is 3.18. The first kappa shape index (κ1) is 17.6. The number of rotatable bonds is 4. The molecule has 0 N–H and O–H groups in total. The number of amides is 1. The molecule has 1 aliphatic heterocycles. The van der Waals surface area contributed by atoms with E-state index < -0.39 is 15.7 Å². The number of hydrogen-bond acceptors (Lipinski definition) is 4. The quantitative estimate of drug-likeness (QED) is 0.830. The summed E-state index contributed by atoms with van der Waals surface area (Å²) in [5.41, 5.74) is 1.08. The van der Waals surface area contributed by atoms with Gasteiger partial charge in [-0.15, -0.1) is 0 Å². The molecule has 0 radical (unpaired) electrons. The molecule has 1 atom stereocenters. The monoisotopic (exact) mass is 365 g/mol. The normalized spacial score (nSPS) is 19.1. The molecular formula is C17H20FN3O3S. The Bertz CT molecular complexity index is 908. The predicted octanol–water partition coefficient (Wildman–Crippen LogP) is 1.97. The summed E-state index contributed by atoms with van der Waals surface area (Å²) in [6.07, 6.45) is 0.439. The molecule has 1 amide bonds. The molecule has 0 bridgehead atoms. The van der Waals surface area contributed by atoms with Gasteiger partial charge in [0.2, 0.25) is 0 Å². The summed E-state index contributed by atoms with van der Waals surface area (Å²) in [7, 11) is -3.09. The topological polar surface area (TPSA) is 72.3 Å². The van der Waals surface area contributed by atoms with E-state index in [0.29, 0.717) is 18.7 Å². The number of halogens is 1. The molecule has 1 aromatic carbocycles. The van der Waals surface area contributed by atoms with Crippen LogP contribution in [0.25, 0.3) is 5.69 Å². The molecule has 1 fully saturated rings. The third-order valence-electron chi connectivity index (χ3n) is 4.44. The summed E-state index contributed by atoms with van der Waals surface area (Å²) >= 11 is 0. The third-order valence-corrected chi connectivity index (χ3v) is 6.19. The maximum absolute atomic E-state index is 14.0. The van der Waals surface area contributed by atoms with Crippen LogP contribution in [0.1, 0.15) is 29.5 Å². The van der Waals surface area contributed by atoms with Crippen LogP contribution in [0.15, 0.2) is 30.3 Å². The lowest BCUT2D eigenvalue weighted by molar-refractivity contribution is 0.0702. The molecule has 2 aromatic rings. The summed E-state index contributed by atoms with van der Waals surface area (Å²) in [5.74, 6) is -0.672. The van der Waals surface area contributed by atoms with Gasteiger partial charge in [0.1, 0.15) is 11.5 Å². The maximum atomic E-state index is 14.0. The molecule has 1 aromatic heterocycles. The van der Waals surface area contributed by atoms with Crippen LogP contribution in [0.5, 0.6) is 0 Å². The summed E-state index contributed by atoms with van der Waals surface area (Å²) in [4.78, 5) is 14.4. The fraction of sp³-hybridized carbons (Fsp3) is 0.412. The number of sulfone groups is 1. The van der Waals surface area contributed by atoms with Crippen molar-refractivity contribution in [2.24, 2.45) is 0 Å². The largest absolute Gasteiger partial charge is 0.333 e. The summed E-state index contributed by atoms with van der Waals surface area (Å²) in [5, 5.41) is 4.25. The van der Waals surface area contributed by atoms with Crippen molar-refractivity contribution in [2.75, 3.05) is 18.1 Å². The summed E-state index contributed by atoms with van der Waals surface area (Å²) in [6.45, 7) is 3.95. The summed E-state index contributed by atoms with van der Waals surface area (Å²) in [6, 6.07) is 7.47. The lowest BCUT2D eigenvalue weighted by Gasteiger charge is -2.25. The molecule has 0 spiro atoms. The molecular weight excluding hydrogens is 345 g/mol. The Morgan fingerprint density at radius 1 is 1.40 bits per heavy atom. The van der Waals surface area contributed by atoms with E-state index in [1.807, 2.05) is 6.92 Å². The second-order valence-electron chi connectivity index (χ2n) is 6.18. The molecule has 3 rings (SSSR count). The molecule has 134 valence electrons. The van der Waals surface area contributed by atoms with Crippen LogP contribution in [0.3, 0.4) is 0 Å². The lowest BCUT2D eigenvalue weighted by atomic mass is 10.2. The minimum absolute atomic E-state index is 0.0143. The zero-order chi connectivity index (χ0) is 18.2. The van der Waals surface area contributed by atoms with Crippen molar-refractivity contribution in [2.45, 2.75) is 26.3 Å². The number of nitrogens with zero attached hydrogens (tertiary/aromatic N) is 3. The molecule has 6 nitrogen and oxygen atoms in total. The predicted molar refractivity (Wildman–Crippen MR) is 92.0 cm³/mol. The van der Waals surface area contributed by atoms with E-state index in [4.69, 9.17) is 0 Å². The second-order valence-corrected chi connectivity index (χ2v) is 8.41. The van der Waals surface area contributed by atoms with Crippen LogP contribution in [-0.2, 0) is 9.84 Å². The van der Waals surface area contributed by atoms with Crippen LogP contribution < -0.4 is 0 Å². The molecule has 0 saturated carbocycles. The van der Waals surface area contributed by atoms with E-state index in [-0.39, 0.29) is 34.8 Å². The van der Waals surface area contributed by atoms with Gasteiger partial charge in [-0.25, -0.2) is 17.5 Å². The highest BCUT2D eigenvalue weighted by Gasteiger charge is 2.35. The molecule has 1 unspecified atom stereocenters. The standard InChI is InChI=1S/C17H20FN3O3S/c1-3-20(13-8-9-25(23,24)11-13)17(22)15-10-12(2)21(19-15)16-7-5-4-6-14(16)18/h4-7,10,13H,3,8-9,11H2,1-2H3. The van der Waals surface area contributed by atoms with Crippen LogP contribution in [-0.4, -0.2) is 53.1 Å². The highest BCUT2D eigenvalue weighted by Crippen LogP contribution is 2.21. The van der Waals surface area contributed by atoms with Crippen LogP contribution in [0.4, 0.5) is 4.39 Å². The number of para-hydroxylation sites is 1. The van der Waals surface area contributed by atoms with E-state index in [9.17, 15) is 17.6 Å². The Morgan fingerprint density at radius 2 is 2.12 bits per heavy atom. The Morgan fingerprint density at radius 3 is 2.72 bits per heavy atom. The minimum Gasteiger partial charge on any atom is -0.333 e. The van der Waals surface area contributed by atoms with Crippen LogP contribution >= 0.6 is 0 Å². The van der Waals surface area contributed by atoms with Crippen molar-refractivity contribution in [1.29, 1.82) is 0 Å². The highest BCUT2D eigenvalue weighted by atomic mass is 32.2. The van der Waals surface area contributed by atoms with Crippen molar-refractivity contribution >= 4 is 15.7 Å². The maximum Gasteiger partial charge on any atom is 0.274 e. The Balaban J connectivity index is 1.90. The minimum atomic E-state index is -3.09. The molecule has 2 heterocycles. The molecule has 1 aliphatic rings. The van der Waals surface area contributed by atoms with Gasteiger partial charge in [-0.05, 0) is 38.5 Å². The average molecular weight is 365 g/mol. The van der Waals surface area contributed by atoms with E-state index in [1.165, 1.54) is 15.6 Å². The van der Waals surface area contributed by atoms with Crippen molar-refractivity contribution in [3.63, 3.8) is 0 Å². The number of carbonyl (C=O) groups excluding carboxylic acids is 1. The number of carbonyl (C=O) groups is 1. The van der Waals surface area contributed by atoms with E-state index in [2.05, 4.69) is 5.10 Å². The van der Waals surface area contributed by atoms with Gasteiger partial charge in [-0.2, -0.15) is 5.10 Å². The van der Waals surface area contributed by atoms with Gasteiger partial charge in [0.05, 0.1) is 11.5 Å². The number of benzene rings is 1. The third kappa shape index (κ3) is 3.44. The zero-order valence-electron chi connectivity index (χ0n) is 14.1. The Labute approximate surface area is 146 Å². The Hall–Kier alpha value is -2.22. The van der Waals surface area contributed by atoms with E-state index >= 15 is 0 Å². The van der Waals surface area contributed by atoms with E-state index in [0.717, 1.165) is 0 Å². The first-order valence-electron chi connectivity index (χ1n) is 8.15. The Kier molecular flexibility index (Phi) is 4.64. The van der Waals surface area contributed by atoms with E-state index in [1.54, 1.807) is 31.2 Å². The van der Waals surface area contributed by atoms with Gasteiger partial charge in [-0.3, -0.25) is 4.79 Å². The van der Waals surface area contributed by atoms with Gasteiger partial charge in [0, 0.05) is 18.3 Å². The van der Waals surface area contributed by atoms with Crippen molar-refractivity contribution < 1.29 is 17.6 Å². The fourth-order valence-corrected chi connectivity index (χ4v) is 4.91. The highest BCUT2D eigenvalue weighted by molar-refractivity contribution is 7.91. The molecule has 0 aliphatic carbocycles. The van der Waals surface area contributed by atoms with Crippen molar-refractivity contribution in [1.82, 2.24) is 14.7 Å². The van der Waals surface area contributed by atoms with Crippen LogP contribution in [0.2, 0.25) is 0 Å². The number of hydrogen-bond donors (Lipinski definition) is 0. The van der Waals surface area contributed by atoms with Gasteiger partial charge in [-0.1, -0.05) is 12.1 Å². The summed E-state index contributed by atoms with van der Waals surface area (Å²) < 4.78 is 38.8. The number of aromatic nitrogens is 2. The zero-order valence-corrected chi connectivity index (χ0v) is 15.0. The second kappa shape index (κ2) is 6.59. The van der Waals surface area contributed by atoms with Crippen LogP contribution in [0, 0.1) is 12.7 Å². The number of aryl methyl sites for hydroxylation is 1.